The predicted octanol–water partition coefficient (Wildman–Crippen LogP) is 2.14. The highest BCUT2D eigenvalue weighted by molar-refractivity contribution is 7.09. The van der Waals surface area contributed by atoms with Crippen molar-refractivity contribution in [3.05, 3.63) is 52.5 Å². The van der Waals surface area contributed by atoms with Crippen LogP contribution in [0.15, 0.2) is 41.9 Å². The van der Waals surface area contributed by atoms with Crippen LogP contribution in [-0.4, -0.2) is 16.1 Å². The van der Waals surface area contributed by atoms with Gasteiger partial charge in [0, 0.05) is 17.6 Å². The second-order valence-corrected chi connectivity index (χ2v) is 4.93. The Labute approximate surface area is 105 Å². The van der Waals surface area contributed by atoms with E-state index in [1.54, 1.807) is 6.20 Å². The summed E-state index contributed by atoms with van der Waals surface area (Å²) < 4.78 is 0. The third-order valence-corrected chi connectivity index (χ3v) is 3.57. The Kier molecular flexibility index (Phi) is 4.25. The molecule has 0 aliphatic rings. The molecule has 4 heteroatoms. The van der Waals surface area contributed by atoms with Crippen LogP contribution in [0.5, 0.6) is 0 Å². The largest absolute Gasteiger partial charge is 0.384 e. The number of aromatic nitrogens is 1. The molecule has 2 rings (SSSR count). The van der Waals surface area contributed by atoms with E-state index in [2.05, 4.69) is 17.1 Å². The van der Waals surface area contributed by atoms with Gasteiger partial charge in [0.25, 0.3) is 0 Å². The van der Waals surface area contributed by atoms with Gasteiger partial charge in [-0.25, -0.2) is 4.98 Å². The molecule has 0 bridgehead atoms. The predicted molar refractivity (Wildman–Crippen MR) is 69.8 cm³/mol. The van der Waals surface area contributed by atoms with Crippen molar-refractivity contribution in [2.24, 2.45) is 5.73 Å². The molecule has 0 aliphatic heterocycles. The molecule has 3 nitrogen and oxygen atoms in total. The normalized spacial score (nSPS) is 14.5. The molecule has 1 heterocycles. The number of hydrogen-bond donors (Lipinski definition) is 2. The molecule has 2 unspecified atom stereocenters. The van der Waals surface area contributed by atoms with Crippen molar-refractivity contribution >= 4 is 11.3 Å². The summed E-state index contributed by atoms with van der Waals surface area (Å²) in [5, 5.41) is 12.5. The molecule has 0 fully saturated rings. The van der Waals surface area contributed by atoms with Gasteiger partial charge in [0.2, 0.25) is 0 Å². The highest BCUT2D eigenvalue weighted by Gasteiger charge is 2.18. The summed E-state index contributed by atoms with van der Waals surface area (Å²) in [7, 11) is 0. The topological polar surface area (TPSA) is 59.1 Å². The van der Waals surface area contributed by atoms with Crippen molar-refractivity contribution in [2.75, 3.05) is 0 Å². The first kappa shape index (κ1) is 12.2. The number of nitrogens with zero attached hydrogens (tertiary/aromatic N) is 1. The Morgan fingerprint density at radius 3 is 2.71 bits per heavy atom. The number of nitrogens with two attached hydrogens (primary N) is 1. The monoisotopic (exact) mass is 248 g/mol. The fourth-order valence-corrected chi connectivity index (χ4v) is 2.40. The van der Waals surface area contributed by atoms with Crippen LogP contribution >= 0.6 is 11.3 Å². The zero-order valence-electron chi connectivity index (χ0n) is 9.49. The lowest BCUT2D eigenvalue weighted by Gasteiger charge is -2.16. The number of aryl methyl sites for hydroxylation is 1. The van der Waals surface area contributed by atoms with E-state index in [1.165, 1.54) is 16.9 Å². The van der Waals surface area contributed by atoms with Gasteiger partial charge in [-0.05, 0) is 18.4 Å². The molecule has 0 saturated heterocycles. The number of benzene rings is 1. The van der Waals surface area contributed by atoms with Crippen molar-refractivity contribution in [3.63, 3.8) is 0 Å². The summed E-state index contributed by atoms with van der Waals surface area (Å²) in [4.78, 5) is 4.08. The fourth-order valence-electron chi connectivity index (χ4n) is 1.70. The lowest BCUT2D eigenvalue weighted by molar-refractivity contribution is 0.142. The molecular weight excluding hydrogens is 232 g/mol. The van der Waals surface area contributed by atoms with E-state index < -0.39 is 6.10 Å². The van der Waals surface area contributed by atoms with Crippen LogP contribution in [-0.2, 0) is 6.42 Å². The number of hydrogen-bond acceptors (Lipinski definition) is 4. The Hall–Kier alpha value is -1.23. The Bertz CT molecular complexity index is 430. The van der Waals surface area contributed by atoms with Crippen LogP contribution in [0.3, 0.4) is 0 Å². The summed E-state index contributed by atoms with van der Waals surface area (Å²) in [5.41, 5.74) is 7.22. The van der Waals surface area contributed by atoms with E-state index in [0.29, 0.717) is 5.01 Å². The first-order chi connectivity index (χ1) is 8.27. The molecule has 0 spiro atoms. The summed E-state index contributed by atoms with van der Waals surface area (Å²) in [6, 6.07) is 9.90. The van der Waals surface area contributed by atoms with E-state index in [4.69, 9.17) is 5.73 Å². The maximum Gasteiger partial charge on any atom is 0.123 e. The minimum absolute atomic E-state index is 0.263. The maximum absolute atomic E-state index is 9.98. The molecular formula is C13H16N2OS. The van der Waals surface area contributed by atoms with Gasteiger partial charge in [-0.2, -0.15) is 0 Å². The smallest absolute Gasteiger partial charge is 0.123 e. The number of aliphatic hydroxyl groups is 1. The number of rotatable bonds is 5. The molecule has 3 N–H and O–H groups in total. The van der Waals surface area contributed by atoms with E-state index in [9.17, 15) is 5.11 Å². The molecule has 0 radical (unpaired) electrons. The average Bonchev–Trinajstić information content (AvgIpc) is 2.90. The Morgan fingerprint density at radius 2 is 2.06 bits per heavy atom. The molecule has 1 aromatic carbocycles. The van der Waals surface area contributed by atoms with Crippen molar-refractivity contribution in [1.82, 2.24) is 4.98 Å². The molecule has 0 saturated carbocycles. The third-order valence-electron chi connectivity index (χ3n) is 2.72. The Balaban J connectivity index is 1.87. The quantitative estimate of drug-likeness (QED) is 0.852. The lowest BCUT2D eigenvalue weighted by Crippen LogP contribution is -2.28. The first-order valence-corrected chi connectivity index (χ1v) is 6.52. The lowest BCUT2D eigenvalue weighted by atomic mass is 10.0. The van der Waals surface area contributed by atoms with Gasteiger partial charge in [0.05, 0.1) is 0 Å². The van der Waals surface area contributed by atoms with Gasteiger partial charge in [-0.15, -0.1) is 11.3 Å². The average molecular weight is 248 g/mol. The Morgan fingerprint density at radius 1 is 1.29 bits per heavy atom. The second kappa shape index (κ2) is 5.91. The van der Waals surface area contributed by atoms with Crippen LogP contribution in [0, 0.1) is 0 Å². The third kappa shape index (κ3) is 3.36. The van der Waals surface area contributed by atoms with Gasteiger partial charge in [-0.3, -0.25) is 0 Å². The van der Waals surface area contributed by atoms with Crippen LogP contribution < -0.4 is 5.73 Å². The van der Waals surface area contributed by atoms with Crippen molar-refractivity contribution in [2.45, 2.75) is 25.0 Å². The summed E-state index contributed by atoms with van der Waals surface area (Å²) in [6.07, 6.45) is 2.67. The molecule has 1 aromatic heterocycles. The van der Waals surface area contributed by atoms with Crippen LogP contribution in [0.2, 0.25) is 0 Å². The zero-order chi connectivity index (χ0) is 12.1. The van der Waals surface area contributed by atoms with Crippen LogP contribution in [0.1, 0.15) is 23.1 Å². The van der Waals surface area contributed by atoms with E-state index in [0.717, 1.165) is 12.8 Å². The molecule has 2 aromatic rings. The SMILES string of the molecule is NC(CCc1ccccc1)C(O)c1nccs1. The summed E-state index contributed by atoms with van der Waals surface area (Å²) >= 11 is 1.44. The van der Waals surface area contributed by atoms with Crippen molar-refractivity contribution < 1.29 is 5.11 Å². The molecule has 0 amide bonds. The molecule has 2 atom stereocenters. The molecule has 17 heavy (non-hydrogen) atoms. The van der Waals surface area contributed by atoms with E-state index in [1.807, 2.05) is 23.6 Å². The number of aliphatic hydroxyl groups excluding tert-OH is 1. The minimum atomic E-state index is -0.654. The van der Waals surface area contributed by atoms with Crippen molar-refractivity contribution in [3.8, 4) is 0 Å². The summed E-state index contributed by atoms with van der Waals surface area (Å²) in [5.74, 6) is 0. The van der Waals surface area contributed by atoms with Crippen LogP contribution in [0.25, 0.3) is 0 Å². The standard InChI is InChI=1S/C13H16N2OS/c14-11(12(16)13-15-8-9-17-13)7-6-10-4-2-1-3-5-10/h1-5,8-9,11-12,16H,6-7,14H2. The molecule has 90 valence electrons. The highest BCUT2D eigenvalue weighted by atomic mass is 32.1. The fraction of sp³-hybridized carbons (Fsp3) is 0.308. The van der Waals surface area contributed by atoms with E-state index in [-0.39, 0.29) is 6.04 Å². The van der Waals surface area contributed by atoms with Gasteiger partial charge in [0.1, 0.15) is 11.1 Å². The van der Waals surface area contributed by atoms with Gasteiger partial charge < -0.3 is 10.8 Å². The zero-order valence-corrected chi connectivity index (χ0v) is 10.3. The minimum Gasteiger partial charge on any atom is -0.384 e. The molecule has 0 aliphatic carbocycles. The van der Waals surface area contributed by atoms with Gasteiger partial charge in [-0.1, -0.05) is 30.3 Å². The summed E-state index contributed by atoms with van der Waals surface area (Å²) in [6.45, 7) is 0. The van der Waals surface area contributed by atoms with Gasteiger partial charge in [0.15, 0.2) is 0 Å². The van der Waals surface area contributed by atoms with E-state index >= 15 is 0 Å². The maximum atomic E-state index is 9.98. The van der Waals surface area contributed by atoms with Gasteiger partial charge >= 0.3 is 0 Å². The number of thiazole rings is 1. The first-order valence-electron chi connectivity index (χ1n) is 5.64. The second-order valence-electron chi connectivity index (χ2n) is 4.00. The highest BCUT2D eigenvalue weighted by Crippen LogP contribution is 2.20. The van der Waals surface area contributed by atoms with Crippen LogP contribution in [0.4, 0.5) is 0 Å². The van der Waals surface area contributed by atoms with Crippen molar-refractivity contribution in [1.29, 1.82) is 0 Å².